The standard InChI is InChI=1S/C12H23N3O/c1-3-7-15-10-11(9-14-15)12(13)6-5-8-16-4-2/h9-10,12H,3-8,13H2,1-2H3. The second kappa shape index (κ2) is 7.41. The molecule has 4 nitrogen and oxygen atoms in total. The van der Waals surface area contributed by atoms with Gasteiger partial charge in [0.05, 0.1) is 6.20 Å². The van der Waals surface area contributed by atoms with Crippen LogP contribution < -0.4 is 5.73 Å². The summed E-state index contributed by atoms with van der Waals surface area (Å²) in [6.07, 6.45) is 6.99. The lowest BCUT2D eigenvalue weighted by molar-refractivity contribution is 0.142. The fourth-order valence-corrected chi connectivity index (χ4v) is 1.64. The first-order valence-corrected chi connectivity index (χ1v) is 6.13. The van der Waals surface area contributed by atoms with Gasteiger partial charge >= 0.3 is 0 Å². The molecule has 1 aromatic rings. The summed E-state index contributed by atoms with van der Waals surface area (Å²) < 4.78 is 7.24. The number of nitrogens with two attached hydrogens (primary N) is 1. The maximum absolute atomic E-state index is 6.08. The third kappa shape index (κ3) is 4.33. The van der Waals surface area contributed by atoms with Crippen molar-refractivity contribution in [3.8, 4) is 0 Å². The highest BCUT2D eigenvalue weighted by Gasteiger charge is 2.08. The Labute approximate surface area is 97.8 Å². The maximum atomic E-state index is 6.08. The monoisotopic (exact) mass is 225 g/mol. The molecule has 1 atom stereocenters. The van der Waals surface area contributed by atoms with Gasteiger partial charge in [-0.15, -0.1) is 0 Å². The van der Waals surface area contributed by atoms with Crippen LogP contribution in [-0.2, 0) is 11.3 Å². The predicted octanol–water partition coefficient (Wildman–Crippen LogP) is 2.11. The molecule has 0 aliphatic heterocycles. The van der Waals surface area contributed by atoms with Gasteiger partial charge in [-0.2, -0.15) is 5.10 Å². The summed E-state index contributed by atoms with van der Waals surface area (Å²) in [5.41, 5.74) is 7.21. The minimum absolute atomic E-state index is 0.0889. The first-order valence-electron chi connectivity index (χ1n) is 6.13. The van der Waals surface area contributed by atoms with Crippen LogP contribution in [0, 0.1) is 0 Å². The third-order valence-corrected chi connectivity index (χ3v) is 2.54. The molecule has 0 aromatic carbocycles. The Bertz CT molecular complexity index is 286. The minimum atomic E-state index is 0.0889. The van der Waals surface area contributed by atoms with Crippen LogP contribution in [0.2, 0.25) is 0 Å². The second-order valence-corrected chi connectivity index (χ2v) is 3.98. The number of aryl methyl sites for hydroxylation is 1. The van der Waals surface area contributed by atoms with Crippen molar-refractivity contribution in [2.75, 3.05) is 13.2 Å². The van der Waals surface area contributed by atoms with Crippen molar-refractivity contribution in [2.45, 2.75) is 45.7 Å². The highest BCUT2D eigenvalue weighted by atomic mass is 16.5. The van der Waals surface area contributed by atoms with E-state index in [-0.39, 0.29) is 6.04 Å². The van der Waals surface area contributed by atoms with Gasteiger partial charge < -0.3 is 10.5 Å². The smallest absolute Gasteiger partial charge is 0.0537 e. The summed E-state index contributed by atoms with van der Waals surface area (Å²) in [7, 11) is 0. The van der Waals surface area contributed by atoms with Gasteiger partial charge in [-0.1, -0.05) is 6.92 Å². The van der Waals surface area contributed by atoms with E-state index >= 15 is 0 Å². The normalized spacial score (nSPS) is 12.9. The van der Waals surface area contributed by atoms with Crippen molar-refractivity contribution in [3.63, 3.8) is 0 Å². The summed E-state index contributed by atoms with van der Waals surface area (Å²) >= 11 is 0. The van der Waals surface area contributed by atoms with Gasteiger partial charge in [0, 0.05) is 37.6 Å². The fraction of sp³-hybridized carbons (Fsp3) is 0.750. The van der Waals surface area contributed by atoms with E-state index in [1.165, 1.54) is 0 Å². The van der Waals surface area contributed by atoms with E-state index in [1.807, 2.05) is 17.8 Å². The van der Waals surface area contributed by atoms with Crippen molar-refractivity contribution in [2.24, 2.45) is 5.73 Å². The quantitative estimate of drug-likeness (QED) is 0.689. The molecule has 0 bridgehead atoms. The molecule has 16 heavy (non-hydrogen) atoms. The average Bonchev–Trinajstić information content (AvgIpc) is 2.73. The molecule has 0 aliphatic rings. The molecule has 0 saturated heterocycles. The molecule has 0 aliphatic carbocycles. The molecule has 1 rings (SSSR count). The highest BCUT2D eigenvalue weighted by Crippen LogP contribution is 2.14. The summed E-state index contributed by atoms with van der Waals surface area (Å²) in [6.45, 7) is 6.70. The highest BCUT2D eigenvalue weighted by molar-refractivity contribution is 5.09. The fourth-order valence-electron chi connectivity index (χ4n) is 1.64. The minimum Gasteiger partial charge on any atom is -0.382 e. The Morgan fingerprint density at radius 1 is 1.50 bits per heavy atom. The number of aromatic nitrogens is 2. The summed E-state index contributed by atoms with van der Waals surface area (Å²) in [5.74, 6) is 0. The lowest BCUT2D eigenvalue weighted by Gasteiger charge is -2.08. The van der Waals surface area contributed by atoms with Crippen LogP contribution in [0.5, 0.6) is 0 Å². The zero-order valence-corrected chi connectivity index (χ0v) is 10.4. The van der Waals surface area contributed by atoms with E-state index in [2.05, 4.69) is 18.2 Å². The SMILES string of the molecule is CCCn1cc(C(N)CCCOCC)cn1. The van der Waals surface area contributed by atoms with Gasteiger partial charge in [0.2, 0.25) is 0 Å². The molecule has 4 heteroatoms. The van der Waals surface area contributed by atoms with Crippen LogP contribution >= 0.6 is 0 Å². The first kappa shape index (κ1) is 13.2. The number of nitrogens with zero attached hydrogens (tertiary/aromatic N) is 2. The largest absolute Gasteiger partial charge is 0.382 e. The lowest BCUT2D eigenvalue weighted by Crippen LogP contribution is -2.10. The first-order chi connectivity index (χ1) is 7.77. The van der Waals surface area contributed by atoms with Crippen LogP contribution in [0.3, 0.4) is 0 Å². The molecule has 2 N–H and O–H groups in total. The van der Waals surface area contributed by atoms with Gasteiger partial charge in [-0.25, -0.2) is 0 Å². The third-order valence-electron chi connectivity index (χ3n) is 2.54. The summed E-state index contributed by atoms with van der Waals surface area (Å²) in [5, 5.41) is 4.28. The van der Waals surface area contributed by atoms with E-state index < -0.39 is 0 Å². The average molecular weight is 225 g/mol. The van der Waals surface area contributed by atoms with Crippen molar-refractivity contribution in [3.05, 3.63) is 18.0 Å². The Hall–Kier alpha value is -0.870. The van der Waals surface area contributed by atoms with Gasteiger partial charge in [0.15, 0.2) is 0 Å². The second-order valence-electron chi connectivity index (χ2n) is 3.98. The molecular weight excluding hydrogens is 202 g/mol. The predicted molar refractivity (Wildman–Crippen MR) is 65.2 cm³/mol. The molecule has 1 unspecified atom stereocenters. The van der Waals surface area contributed by atoms with Gasteiger partial charge in [0.1, 0.15) is 0 Å². The van der Waals surface area contributed by atoms with E-state index in [0.717, 1.165) is 44.6 Å². The van der Waals surface area contributed by atoms with Crippen molar-refractivity contribution < 1.29 is 4.74 Å². The van der Waals surface area contributed by atoms with Crippen molar-refractivity contribution in [1.29, 1.82) is 0 Å². The van der Waals surface area contributed by atoms with Gasteiger partial charge in [-0.3, -0.25) is 4.68 Å². The number of ether oxygens (including phenoxy) is 1. The zero-order chi connectivity index (χ0) is 11.8. The Morgan fingerprint density at radius 3 is 3.00 bits per heavy atom. The van der Waals surface area contributed by atoms with Crippen LogP contribution in [-0.4, -0.2) is 23.0 Å². The van der Waals surface area contributed by atoms with Gasteiger partial charge in [-0.05, 0) is 26.2 Å². The maximum Gasteiger partial charge on any atom is 0.0537 e. The molecule has 0 saturated carbocycles. The Balaban J connectivity index is 2.31. The molecule has 0 radical (unpaired) electrons. The number of hydrogen-bond acceptors (Lipinski definition) is 3. The molecule has 0 amide bonds. The molecule has 1 aromatic heterocycles. The molecule has 92 valence electrons. The summed E-state index contributed by atoms with van der Waals surface area (Å²) in [4.78, 5) is 0. The molecule has 1 heterocycles. The molecular formula is C12H23N3O. The number of hydrogen-bond donors (Lipinski definition) is 1. The van der Waals surface area contributed by atoms with E-state index in [4.69, 9.17) is 10.5 Å². The van der Waals surface area contributed by atoms with Crippen LogP contribution in [0.25, 0.3) is 0 Å². The van der Waals surface area contributed by atoms with E-state index in [0.29, 0.717) is 0 Å². The van der Waals surface area contributed by atoms with Crippen LogP contribution in [0.1, 0.15) is 44.7 Å². The topological polar surface area (TPSA) is 53.1 Å². The van der Waals surface area contributed by atoms with Crippen molar-refractivity contribution >= 4 is 0 Å². The van der Waals surface area contributed by atoms with Crippen molar-refractivity contribution in [1.82, 2.24) is 9.78 Å². The number of rotatable bonds is 8. The van der Waals surface area contributed by atoms with Crippen LogP contribution in [0.15, 0.2) is 12.4 Å². The van der Waals surface area contributed by atoms with Crippen LogP contribution in [0.4, 0.5) is 0 Å². The summed E-state index contributed by atoms with van der Waals surface area (Å²) in [6, 6.07) is 0.0889. The molecule has 0 fully saturated rings. The Kier molecular flexibility index (Phi) is 6.11. The Morgan fingerprint density at radius 2 is 2.31 bits per heavy atom. The van der Waals surface area contributed by atoms with E-state index in [1.54, 1.807) is 0 Å². The molecule has 0 spiro atoms. The lowest BCUT2D eigenvalue weighted by atomic mass is 10.1. The van der Waals surface area contributed by atoms with E-state index in [9.17, 15) is 0 Å². The van der Waals surface area contributed by atoms with Gasteiger partial charge in [0.25, 0.3) is 0 Å². The zero-order valence-electron chi connectivity index (χ0n) is 10.4.